The summed E-state index contributed by atoms with van der Waals surface area (Å²) in [6, 6.07) is -1.45. The monoisotopic (exact) mass is 285 g/mol. The average molecular weight is 285 g/mol. The molecule has 1 rings (SSSR count). The zero-order valence-corrected chi connectivity index (χ0v) is 12.0. The number of methoxy groups -OCH3 is 1. The van der Waals surface area contributed by atoms with Crippen molar-refractivity contribution in [1.29, 1.82) is 0 Å². The Kier molecular flexibility index (Phi) is 4.69. The summed E-state index contributed by atoms with van der Waals surface area (Å²) in [5.41, 5.74) is -0.981. The number of urea groups is 1. The molecule has 1 saturated heterocycles. The van der Waals surface area contributed by atoms with Crippen molar-refractivity contribution >= 4 is 23.8 Å². The Labute approximate surface area is 116 Å². The van der Waals surface area contributed by atoms with Gasteiger partial charge in [0.15, 0.2) is 0 Å². The zero-order chi connectivity index (χ0) is 15.5. The average Bonchev–Trinajstić information content (AvgIpc) is 2.62. The van der Waals surface area contributed by atoms with Crippen molar-refractivity contribution in [3.05, 3.63) is 0 Å². The van der Waals surface area contributed by atoms with Gasteiger partial charge in [-0.05, 0) is 20.3 Å². The smallest absolute Gasteiger partial charge is 0.328 e. The quantitative estimate of drug-likeness (QED) is 0.517. The molecule has 0 aromatic heterocycles. The van der Waals surface area contributed by atoms with Crippen molar-refractivity contribution in [2.75, 3.05) is 13.7 Å². The molecule has 0 radical (unpaired) electrons. The highest BCUT2D eigenvalue weighted by molar-refractivity contribution is 6.08. The van der Waals surface area contributed by atoms with Crippen molar-refractivity contribution in [1.82, 2.24) is 15.5 Å². The molecule has 20 heavy (non-hydrogen) atoms. The van der Waals surface area contributed by atoms with E-state index in [4.69, 9.17) is 0 Å². The number of hydrogen-bond donors (Lipinski definition) is 2. The normalized spacial score (nSPS) is 23.3. The summed E-state index contributed by atoms with van der Waals surface area (Å²) in [6.45, 7) is 4.39. The number of carbonyl (C=O) groups is 4. The van der Waals surface area contributed by atoms with E-state index in [0.717, 1.165) is 4.90 Å². The van der Waals surface area contributed by atoms with E-state index in [1.165, 1.54) is 14.0 Å². The van der Waals surface area contributed by atoms with Crippen molar-refractivity contribution < 1.29 is 23.9 Å². The SMILES string of the molecule is CCC1(C)NC(=O)N(CC(=O)NC(C)C(=O)OC)C1=O. The minimum atomic E-state index is -0.981. The summed E-state index contributed by atoms with van der Waals surface area (Å²) in [5.74, 6) is -1.66. The summed E-state index contributed by atoms with van der Waals surface area (Å²) < 4.78 is 4.46. The summed E-state index contributed by atoms with van der Waals surface area (Å²) >= 11 is 0. The lowest BCUT2D eigenvalue weighted by molar-refractivity contribution is -0.144. The first-order chi connectivity index (χ1) is 9.25. The summed E-state index contributed by atoms with van der Waals surface area (Å²) in [4.78, 5) is 47.5. The number of nitrogens with one attached hydrogen (secondary N) is 2. The largest absolute Gasteiger partial charge is 0.467 e. The second kappa shape index (κ2) is 5.89. The molecule has 8 nitrogen and oxygen atoms in total. The minimum absolute atomic E-state index is 0.425. The Balaban J connectivity index is 2.65. The third-order valence-electron chi connectivity index (χ3n) is 3.29. The first-order valence-corrected chi connectivity index (χ1v) is 6.26. The first kappa shape index (κ1) is 15.9. The van der Waals surface area contributed by atoms with Crippen LogP contribution in [0.2, 0.25) is 0 Å². The summed E-state index contributed by atoms with van der Waals surface area (Å²) in [7, 11) is 1.20. The second-order valence-electron chi connectivity index (χ2n) is 4.82. The van der Waals surface area contributed by atoms with E-state index in [1.807, 2.05) is 0 Å². The second-order valence-corrected chi connectivity index (χ2v) is 4.82. The van der Waals surface area contributed by atoms with Crippen LogP contribution in [-0.4, -0.2) is 54.0 Å². The molecule has 0 bridgehead atoms. The highest BCUT2D eigenvalue weighted by Crippen LogP contribution is 2.20. The van der Waals surface area contributed by atoms with Crippen molar-refractivity contribution in [3.63, 3.8) is 0 Å². The van der Waals surface area contributed by atoms with E-state index in [9.17, 15) is 19.2 Å². The van der Waals surface area contributed by atoms with E-state index in [-0.39, 0.29) is 0 Å². The molecule has 1 aliphatic heterocycles. The predicted molar refractivity (Wildman–Crippen MR) is 68.6 cm³/mol. The minimum Gasteiger partial charge on any atom is -0.467 e. The van der Waals surface area contributed by atoms with Gasteiger partial charge in [0.25, 0.3) is 5.91 Å². The van der Waals surface area contributed by atoms with Gasteiger partial charge < -0.3 is 15.4 Å². The summed E-state index contributed by atoms with van der Waals surface area (Å²) in [6.07, 6.45) is 0.425. The number of ether oxygens (including phenoxy) is 1. The predicted octanol–water partition coefficient (Wildman–Crippen LogP) is -0.615. The molecule has 0 aromatic carbocycles. The molecule has 1 heterocycles. The lowest BCUT2D eigenvalue weighted by Gasteiger charge is -2.19. The fourth-order valence-corrected chi connectivity index (χ4v) is 1.80. The third-order valence-corrected chi connectivity index (χ3v) is 3.29. The molecule has 2 unspecified atom stereocenters. The van der Waals surface area contributed by atoms with Gasteiger partial charge in [-0.2, -0.15) is 0 Å². The van der Waals surface area contributed by atoms with E-state index in [0.29, 0.717) is 6.42 Å². The van der Waals surface area contributed by atoms with Gasteiger partial charge in [0.1, 0.15) is 18.1 Å². The van der Waals surface area contributed by atoms with Crippen LogP contribution in [0.15, 0.2) is 0 Å². The Morgan fingerprint density at radius 3 is 2.50 bits per heavy atom. The molecule has 8 heteroatoms. The number of rotatable bonds is 5. The van der Waals surface area contributed by atoms with Crippen LogP contribution in [-0.2, 0) is 19.1 Å². The number of amides is 4. The summed E-state index contributed by atoms with van der Waals surface area (Å²) in [5, 5.41) is 4.89. The van der Waals surface area contributed by atoms with Gasteiger partial charge in [-0.15, -0.1) is 0 Å². The Morgan fingerprint density at radius 2 is 2.05 bits per heavy atom. The van der Waals surface area contributed by atoms with Crippen LogP contribution in [0.4, 0.5) is 4.79 Å². The number of nitrogens with zero attached hydrogens (tertiary/aromatic N) is 1. The van der Waals surface area contributed by atoms with Crippen LogP contribution in [0.5, 0.6) is 0 Å². The molecule has 1 aliphatic rings. The van der Waals surface area contributed by atoms with Gasteiger partial charge in [-0.3, -0.25) is 14.5 Å². The van der Waals surface area contributed by atoms with E-state index >= 15 is 0 Å². The number of hydrogen-bond acceptors (Lipinski definition) is 5. The Hall–Kier alpha value is -2.12. The van der Waals surface area contributed by atoms with Crippen LogP contribution < -0.4 is 10.6 Å². The molecule has 2 N–H and O–H groups in total. The number of esters is 1. The van der Waals surface area contributed by atoms with Crippen LogP contribution in [0.25, 0.3) is 0 Å². The zero-order valence-electron chi connectivity index (χ0n) is 12.0. The van der Waals surface area contributed by atoms with Gasteiger partial charge in [0.05, 0.1) is 7.11 Å². The van der Waals surface area contributed by atoms with Crippen LogP contribution in [0.3, 0.4) is 0 Å². The molecule has 2 atom stereocenters. The van der Waals surface area contributed by atoms with E-state index < -0.39 is 41.9 Å². The molecular weight excluding hydrogens is 266 g/mol. The van der Waals surface area contributed by atoms with Crippen LogP contribution in [0, 0.1) is 0 Å². The molecular formula is C12H19N3O5. The maximum absolute atomic E-state index is 12.1. The van der Waals surface area contributed by atoms with Gasteiger partial charge in [-0.1, -0.05) is 6.92 Å². The molecule has 4 amide bonds. The van der Waals surface area contributed by atoms with E-state index in [2.05, 4.69) is 15.4 Å². The van der Waals surface area contributed by atoms with Gasteiger partial charge in [0.2, 0.25) is 5.91 Å². The Bertz CT molecular complexity index is 450. The van der Waals surface area contributed by atoms with Crippen LogP contribution in [0.1, 0.15) is 27.2 Å². The first-order valence-electron chi connectivity index (χ1n) is 6.26. The van der Waals surface area contributed by atoms with Crippen LogP contribution >= 0.6 is 0 Å². The Morgan fingerprint density at radius 1 is 1.45 bits per heavy atom. The van der Waals surface area contributed by atoms with Gasteiger partial charge in [-0.25, -0.2) is 9.59 Å². The highest BCUT2D eigenvalue weighted by atomic mass is 16.5. The lowest BCUT2D eigenvalue weighted by atomic mass is 9.99. The number of imide groups is 1. The van der Waals surface area contributed by atoms with E-state index in [1.54, 1.807) is 13.8 Å². The molecule has 0 aromatic rings. The molecule has 0 spiro atoms. The fraction of sp³-hybridized carbons (Fsp3) is 0.667. The van der Waals surface area contributed by atoms with Crippen molar-refractivity contribution in [2.45, 2.75) is 38.8 Å². The van der Waals surface area contributed by atoms with Crippen molar-refractivity contribution in [2.24, 2.45) is 0 Å². The topological polar surface area (TPSA) is 105 Å². The number of carbonyl (C=O) groups excluding carboxylic acids is 4. The maximum Gasteiger partial charge on any atom is 0.328 e. The highest BCUT2D eigenvalue weighted by Gasteiger charge is 2.47. The molecule has 112 valence electrons. The van der Waals surface area contributed by atoms with Gasteiger partial charge in [0, 0.05) is 0 Å². The molecule has 0 aliphatic carbocycles. The standard InChI is InChI=1S/C12H19N3O5/c1-5-12(3)10(18)15(11(19)14-12)6-8(16)13-7(2)9(17)20-4/h7H,5-6H2,1-4H3,(H,13,16)(H,14,19). The third kappa shape index (κ3) is 3.06. The van der Waals surface area contributed by atoms with Gasteiger partial charge >= 0.3 is 12.0 Å². The molecule has 1 fully saturated rings. The van der Waals surface area contributed by atoms with Crippen molar-refractivity contribution in [3.8, 4) is 0 Å². The fourth-order valence-electron chi connectivity index (χ4n) is 1.80. The lowest BCUT2D eigenvalue weighted by Crippen LogP contribution is -2.47. The molecule has 0 saturated carbocycles. The maximum atomic E-state index is 12.1.